The average molecular weight is 307 g/mol. The number of benzene rings is 1. The Kier molecular flexibility index (Phi) is 4.44. The van der Waals surface area contributed by atoms with Crippen molar-refractivity contribution in [2.24, 2.45) is 0 Å². The summed E-state index contributed by atoms with van der Waals surface area (Å²) in [5.41, 5.74) is 1.43. The molecule has 7 heteroatoms. The number of rotatable bonds is 5. The zero-order valence-electron chi connectivity index (χ0n) is 11.8. The highest BCUT2D eigenvalue weighted by Gasteiger charge is 2.17. The average Bonchev–Trinajstić information content (AvgIpc) is 2.47. The third-order valence-corrected chi connectivity index (χ3v) is 4.71. The highest BCUT2D eigenvalue weighted by Crippen LogP contribution is 2.18. The summed E-state index contributed by atoms with van der Waals surface area (Å²) in [7, 11) is -0.452. The minimum absolute atomic E-state index is 0.109. The van der Waals surface area contributed by atoms with Crippen LogP contribution in [0, 0.1) is 0 Å². The fourth-order valence-corrected chi connectivity index (χ4v) is 2.64. The molecule has 0 unspecified atom stereocenters. The van der Waals surface area contributed by atoms with Crippen molar-refractivity contribution in [2.45, 2.75) is 11.4 Å². The van der Waals surface area contributed by atoms with E-state index in [0.29, 0.717) is 12.2 Å². The van der Waals surface area contributed by atoms with Crippen LogP contribution in [0.2, 0.25) is 0 Å². The van der Waals surface area contributed by atoms with Crippen molar-refractivity contribution in [3.05, 3.63) is 48.3 Å². The third-order valence-electron chi connectivity index (χ3n) is 2.90. The second-order valence-corrected chi connectivity index (χ2v) is 6.83. The Balaban J connectivity index is 2.13. The van der Waals surface area contributed by atoms with Crippen molar-refractivity contribution in [1.82, 2.24) is 9.29 Å². The molecule has 1 aromatic heterocycles. The Bertz CT molecular complexity index is 712. The van der Waals surface area contributed by atoms with Crippen LogP contribution in [0.3, 0.4) is 0 Å². The zero-order valence-corrected chi connectivity index (χ0v) is 12.6. The monoisotopic (exact) mass is 307 g/mol. The quantitative estimate of drug-likeness (QED) is 0.877. The van der Waals surface area contributed by atoms with Gasteiger partial charge in [-0.2, -0.15) is 0 Å². The molecule has 1 heterocycles. The van der Waals surface area contributed by atoms with Gasteiger partial charge in [-0.25, -0.2) is 12.7 Å². The van der Waals surface area contributed by atoms with E-state index in [4.69, 9.17) is 5.11 Å². The summed E-state index contributed by atoms with van der Waals surface area (Å²) in [4.78, 5) is 4.29. The highest BCUT2D eigenvalue weighted by molar-refractivity contribution is 7.89. The van der Waals surface area contributed by atoms with Gasteiger partial charge in [0.2, 0.25) is 10.0 Å². The summed E-state index contributed by atoms with van der Waals surface area (Å²) in [6, 6.07) is 9.85. The Labute approximate surface area is 124 Å². The maximum absolute atomic E-state index is 12.1. The van der Waals surface area contributed by atoms with Gasteiger partial charge >= 0.3 is 0 Å². The second-order valence-electron chi connectivity index (χ2n) is 4.68. The lowest BCUT2D eigenvalue weighted by Crippen LogP contribution is -2.22. The van der Waals surface area contributed by atoms with Gasteiger partial charge in [0.15, 0.2) is 0 Å². The highest BCUT2D eigenvalue weighted by atomic mass is 32.2. The Morgan fingerprint density at radius 1 is 1.24 bits per heavy atom. The first-order chi connectivity index (χ1) is 9.89. The lowest BCUT2D eigenvalue weighted by atomic mass is 10.3. The lowest BCUT2D eigenvalue weighted by molar-refractivity contribution is 0.472. The number of anilines is 1. The van der Waals surface area contributed by atoms with Crippen LogP contribution in [-0.4, -0.2) is 36.9 Å². The number of sulfonamides is 1. The molecule has 6 nitrogen and oxygen atoms in total. The molecule has 0 saturated carbocycles. The van der Waals surface area contributed by atoms with E-state index in [0.717, 1.165) is 5.69 Å². The number of hydrogen-bond acceptors (Lipinski definition) is 5. The van der Waals surface area contributed by atoms with E-state index in [1.54, 1.807) is 36.4 Å². The van der Waals surface area contributed by atoms with Crippen LogP contribution < -0.4 is 5.32 Å². The second kappa shape index (κ2) is 6.11. The first-order valence-electron chi connectivity index (χ1n) is 6.30. The minimum atomic E-state index is -3.44. The van der Waals surface area contributed by atoms with Gasteiger partial charge in [0.05, 0.1) is 23.3 Å². The summed E-state index contributed by atoms with van der Waals surface area (Å²) < 4.78 is 25.3. The van der Waals surface area contributed by atoms with Crippen molar-refractivity contribution in [1.29, 1.82) is 0 Å². The van der Waals surface area contributed by atoms with E-state index in [-0.39, 0.29) is 10.6 Å². The number of aromatic hydroxyl groups is 1. The van der Waals surface area contributed by atoms with Crippen LogP contribution >= 0.6 is 0 Å². The summed E-state index contributed by atoms with van der Waals surface area (Å²) in [6.07, 6.45) is 1.37. The summed E-state index contributed by atoms with van der Waals surface area (Å²) in [5, 5.41) is 12.3. The standard InChI is InChI=1S/C14H17N3O3S/c1-17(2)21(19,20)14-5-3-4-11(8-14)15-9-12-6-7-13(18)10-16-12/h3-8,10,15,18H,9H2,1-2H3. The maximum Gasteiger partial charge on any atom is 0.242 e. The predicted octanol–water partition coefficient (Wildman–Crippen LogP) is 1.65. The molecule has 0 aliphatic heterocycles. The van der Waals surface area contributed by atoms with Crippen LogP contribution in [0.4, 0.5) is 5.69 Å². The molecule has 2 rings (SSSR count). The van der Waals surface area contributed by atoms with Crippen molar-refractivity contribution >= 4 is 15.7 Å². The van der Waals surface area contributed by atoms with Gasteiger partial charge in [-0.05, 0) is 30.3 Å². The van der Waals surface area contributed by atoms with E-state index >= 15 is 0 Å². The number of nitrogens with zero attached hydrogens (tertiary/aromatic N) is 2. The summed E-state index contributed by atoms with van der Waals surface area (Å²) >= 11 is 0. The van der Waals surface area contributed by atoms with Crippen LogP contribution in [0.15, 0.2) is 47.5 Å². The lowest BCUT2D eigenvalue weighted by Gasteiger charge is -2.13. The topological polar surface area (TPSA) is 82.5 Å². The normalized spacial score (nSPS) is 11.6. The van der Waals surface area contributed by atoms with Gasteiger partial charge in [0.1, 0.15) is 5.75 Å². The van der Waals surface area contributed by atoms with Crippen molar-refractivity contribution in [2.75, 3.05) is 19.4 Å². The smallest absolute Gasteiger partial charge is 0.242 e. The van der Waals surface area contributed by atoms with E-state index in [9.17, 15) is 8.42 Å². The van der Waals surface area contributed by atoms with Crippen molar-refractivity contribution in [3.8, 4) is 5.75 Å². The molecular formula is C14H17N3O3S. The first-order valence-corrected chi connectivity index (χ1v) is 7.74. The Morgan fingerprint density at radius 2 is 2.00 bits per heavy atom. The third kappa shape index (κ3) is 3.71. The molecule has 0 bridgehead atoms. The summed E-state index contributed by atoms with van der Waals surface area (Å²) in [5.74, 6) is 0.109. The molecule has 112 valence electrons. The molecule has 2 N–H and O–H groups in total. The van der Waals surface area contributed by atoms with Crippen molar-refractivity contribution < 1.29 is 13.5 Å². The largest absolute Gasteiger partial charge is 0.506 e. The SMILES string of the molecule is CN(C)S(=O)(=O)c1cccc(NCc2ccc(O)cn2)c1. The zero-order chi connectivity index (χ0) is 15.5. The van der Waals surface area contributed by atoms with E-state index in [2.05, 4.69) is 10.3 Å². The van der Waals surface area contributed by atoms with Crippen molar-refractivity contribution in [3.63, 3.8) is 0 Å². The molecule has 0 spiro atoms. The molecule has 0 atom stereocenters. The van der Waals surface area contributed by atoms with Gasteiger partial charge < -0.3 is 10.4 Å². The fourth-order valence-electron chi connectivity index (χ4n) is 1.69. The van der Waals surface area contributed by atoms with E-state index < -0.39 is 10.0 Å². The number of nitrogens with one attached hydrogen (secondary N) is 1. The van der Waals surface area contributed by atoms with Gasteiger partial charge in [-0.15, -0.1) is 0 Å². The van der Waals surface area contributed by atoms with Crippen LogP contribution in [0.1, 0.15) is 5.69 Å². The fraction of sp³-hybridized carbons (Fsp3) is 0.214. The molecule has 1 aromatic carbocycles. The number of pyridine rings is 1. The van der Waals surface area contributed by atoms with Gasteiger partial charge in [-0.1, -0.05) is 6.07 Å². The molecule has 0 saturated heterocycles. The van der Waals surface area contributed by atoms with E-state index in [1.165, 1.54) is 24.6 Å². The summed E-state index contributed by atoms with van der Waals surface area (Å²) in [6.45, 7) is 0.436. The molecule has 0 aliphatic carbocycles. The molecule has 21 heavy (non-hydrogen) atoms. The molecular weight excluding hydrogens is 290 g/mol. The molecule has 0 fully saturated rings. The number of aromatic nitrogens is 1. The molecule has 0 amide bonds. The van der Waals surface area contributed by atoms with Crippen LogP contribution in [0.5, 0.6) is 5.75 Å². The molecule has 2 aromatic rings. The van der Waals surface area contributed by atoms with E-state index in [1.807, 2.05) is 0 Å². The Hall–Kier alpha value is -2.12. The van der Waals surface area contributed by atoms with Crippen LogP contribution in [-0.2, 0) is 16.6 Å². The molecule has 0 aliphatic rings. The molecule has 0 radical (unpaired) electrons. The predicted molar refractivity (Wildman–Crippen MR) is 80.5 cm³/mol. The Morgan fingerprint density at radius 3 is 2.62 bits per heavy atom. The number of hydrogen-bond donors (Lipinski definition) is 2. The van der Waals surface area contributed by atoms with Crippen LogP contribution in [0.25, 0.3) is 0 Å². The van der Waals surface area contributed by atoms with Gasteiger partial charge in [-0.3, -0.25) is 4.98 Å². The van der Waals surface area contributed by atoms with Gasteiger partial charge in [0, 0.05) is 19.8 Å². The maximum atomic E-state index is 12.1. The first kappa shape index (κ1) is 15.3. The van der Waals surface area contributed by atoms with Gasteiger partial charge in [0.25, 0.3) is 0 Å². The minimum Gasteiger partial charge on any atom is -0.506 e.